The number of nitrogens with zero attached hydrogens (tertiary/aromatic N) is 2. The second kappa shape index (κ2) is 7.27. The highest BCUT2D eigenvalue weighted by Gasteiger charge is 2.31. The number of aryl methyl sites for hydroxylation is 2. The van der Waals surface area contributed by atoms with Crippen molar-refractivity contribution in [1.82, 2.24) is 5.16 Å². The topological polar surface area (TPSA) is 55.6 Å². The molecular weight excluding hydrogens is 385 g/mol. The molecule has 0 unspecified atom stereocenters. The summed E-state index contributed by atoms with van der Waals surface area (Å²) in [5.41, 5.74) is 4.10. The molecule has 1 amide bonds. The first kappa shape index (κ1) is 19.0. The summed E-state index contributed by atoms with van der Waals surface area (Å²) >= 11 is 0. The van der Waals surface area contributed by atoms with Crippen molar-refractivity contribution in [1.29, 1.82) is 0 Å². The van der Waals surface area contributed by atoms with Gasteiger partial charge in [-0.3, -0.25) is 4.79 Å². The first-order valence-electron chi connectivity index (χ1n) is 9.00. The lowest BCUT2D eigenvalue weighted by molar-refractivity contribution is -0.274. The fraction of sp³-hybridized carbons (Fsp3) is 0.238. The van der Waals surface area contributed by atoms with Crippen LogP contribution in [0.3, 0.4) is 0 Å². The first-order chi connectivity index (χ1) is 13.8. The van der Waals surface area contributed by atoms with Gasteiger partial charge in [0.15, 0.2) is 0 Å². The van der Waals surface area contributed by atoms with Crippen LogP contribution in [0, 0.1) is 6.92 Å². The van der Waals surface area contributed by atoms with Gasteiger partial charge in [-0.05, 0) is 54.3 Å². The molecule has 3 aromatic rings. The zero-order chi connectivity index (χ0) is 20.6. The van der Waals surface area contributed by atoms with Crippen molar-refractivity contribution < 1.29 is 27.2 Å². The van der Waals surface area contributed by atoms with Crippen molar-refractivity contribution >= 4 is 11.6 Å². The van der Waals surface area contributed by atoms with Crippen LogP contribution in [0.15, 0.2) is 53.1 Å². The lowest BCUT2D eigenvalue weighted by Gasteiger charge is -2.29. The number of ether oxygens (including phenoxy) is 1. The minimum atomic E-state index is -4.72. The summed E-state index contributed by atoms with van der Waals surface area (Å²) in [4.78, 5) is 14.1. The zero-order valence-electron chi connectivity index (χ0n) is 15.5. The summed E-state index contributed by atoms with van der Waals surface area (Å²) in [5.74, 6) is 0.427. The zero-order valence-corrected chi connectivity index (χ0v) is 15.5. The van der Waals surface area contributed by atoms with E-state index in [0.717, 1.165) is 22.4 Å². The molecule has 5 nitrogen and oxygen atoms in total. The molecule has 0 bridgehead atoms. The van der Waals surface area contributed by atoms with Gasteiger partial charge in [0, 0.05) is 18.2 Å². The molecule has 0 fully saturated rings. The number of amides is 1. The molecule has 0 atom stereocenters. The second-order valence-electron chi connectivity index (χ2n) is 6.82. The van der Waals surface area contributed by atoms with E-state index < -0.39 is 6.36 Å². The van der Waals surface area contributed by atoms with Crippen molar-refractivity contribution in [2.75, 3.05) is 4.90 Å². The third-order valence-corrected chi connectivity index (χ3v) is 4.70. The SMILES string of the molecule is Cc1cc(CN2C(=O)CCc3cc(-c4ccc(OC(F)(F)F)cc4)ccc32)no1. The maximum Gasteiger partial charge on any atom is 0.573 e. The number of aromatic nitrogens is 1. The van der Waals surface area contributed by atoms with E-state index in [1.807, 2.05) is 18.2 Å². The minimum Gasteiger partial charge on any atom is -0.406 e. The van der Waals surface area contributed by atoms with Crippen molar-refractivity contribution in [2.24, 2.45) is 0 Å². The maximum atomic E-state index is 12.4. The predicted molar refractivity (Wildman–Crippen MR) is 99.3 cm³/mol. The van der Waals surface area contributed by atoms with Crippen LogP contribution in [0.5, 0.6) is 5.75 Å². The Kier molecular flexibility index (Phi) is 4.77. The predicted octanol–water partition coefficient (Wildman–Crippen LogP) is 5.03. The quantitative estimate of drug-likeness (QED) is 0.614. The van der Waals surface area contributed by atoms with Gasteiger partial charge >= 0.3 is 6.36 Å². The molecule has 2 heterocycles. The summed E-state index contributed by atoms with van der Waals surface area (Å²) < 4.78 is 45.9. The van der Waals surface area contributed by atoms with E-state index in [9.17, 15) is 18.0 Å². The minimum absolute atomic E-state index is 0.0135. The van der Waals surface area contributed by atoms with Crippen LogP contribution in [0.4, 0.5) is 18.9 Å². The van der Waals surface area contributed by atoms with Gasteiger partial charge in [0.25, 0.3) is 0 Å². The van der Waals surface area contributed by atoms with E-state index >= 15 is 0 Å². The molecule has 0 radical (unpaired) electrons. The van der Waals surface area contributed by atoms with Crippen molar-refractivity contribution in [2.45, 2.75) is 32.7 Å². The van der Waals surface area contributed by atoms with E-state index in [-0.39, 0.29) is 11.7 Å². The summed E-state index contributed by atoms with van der Waals surface area (Å²) in [6.45, 7) is 2.12. The number of rotatable bonds is 4. The molecule has 0 N–H and O–H groups in total. The number of benzene rings is 2. The Hall–Kier alpha value is -3.29. The van der Waals surface area contributed by atoms with Gasteiger partial charge in [0.1, 0.15) is 17.2 Å². The van der Waals surface area contributed by atoms with E-state index in [4.69, 9.17) is 4.52 Å². The summed E-state index contributed by atoms with van der Waals surface area (Å²) in [7, 11) is 0. The van der Waals surface area contributed by atoms with E-state index in [1.165, 1.54) is 12.1 Å². The molecule has 0 aliphatic carbocycles. The third-order valence-electron chi connectivity index (χ3n) is 4.70. The molecule has 8 heteroatoms. The van der Waals surface area contributed by atoms with Crippen LogP contribution >= 0.6 is 0 Å². The molecule has 0 saturated heterocycles. The Morgan fingerprint density at radius 3 is 2.45 bits per heavy atom. The first-order valence-corrected chi connectivity index (χ1v) is 9.00. The maximum absolute atomic E-state index is 12.4. The van der Waals surface area contributed by atoms with Gasteiger partial charge in [0.2, 0.25) is 5.91 Å². The molecule has 1 aliphatic rings. The Morgan fingerprint density at radius 1 is 1.07 bits per heavy atom. The van der Waals surface area contributed by atoms with Crippen LogP contribution in [0.25, 0.3) is 11.1 Å². The second-order valence-corrected chi connectivity index (χ2v) is 6.82. The number of halogens is 3. The molecule has 0 saturated carbocycles. The van der Waals surface area contributed by atoms with Crippen LogP contribution in [-0.4, -0.2) is 17.4 Å². The Balaban J connectivity index is 1.59. The van der Waals surface area contributed by atoms with Gasteiger partial charge in [-0.2, -0.15) is 0 Å². The monoisotopic (exact) mass is 402 g/mol. The molecule has 1 aliphatic heterocycles. The smallest absolute Gasteiger partial charge is 0.406 e. The van der Waals surface area contributed by atoms with Crippen LogP contribution in [-0.2, 0) is 17.8 Å². The van der Waals surface area contributed by atoms with E-state index in [1.54, 1.807) is 30.0 Å². The Bertz CT molecular complexity index is 1040. The van der Waals surface area contributed by atoms with Gasteiger partial charge in [-0.25, -0.2) is 0 Å². The number of hydrogen-bond acceptors (Lipinski definition) is 4. The summed E-state index contributed by atoms with van der Waals surface area (Å²) in [5, 5.41) is 3.96. The fourth-order valence-corrected chi connectivity index (χ4v) is 3.42. The largest absolute Gasteiger partial charge is 0.573 e. The highest BCUT2D eigenvalue weighted by molar-refractivity contribution is 5.96. The van der Waals surface area contributed by atoms with Crippen molar-refractivity contribution in [3.63, 3.8) is 0 Å². The van der Waals surface area contributed by atoms with Gasteiger partial charge < -0.3 is 14.2 Å². The van der Waals surface area contributed by atoms with Crippen molar-refractivity contribution in [3.8, 4) is 16.9 Å². The Morgan fingerprint density at radius 2 is 1.79 bits per heavy atom. The van der Waals surface area contributed by atoms with E-state index in [2.05, 4.69) is 9.89 Å². The molecule has 2 aromatic carbocycles. The average Bonchev–Trinajstić information content (AvgIpc) is 3.08. The lowest BCUT2D eigenvalue weighted by atomic mass is 9.95. The number of carbonyl (C=O) groups excluding carboxylic acids is 1. The number of anilines is 1. The average molecular weight is 402 g/mol. The normalized spacial score (nSPS) is 14.1. The lowest BCUT2D eigenvalue weighted by Crippen LogP contribution is -2.34. The highest BCUT2D eigenvalue weighted by Crippen LogP contribution is 2.34. The van der Waals surface area contributed by atoms with Crippen LogP contribution in [0.1, 0.15) is 23.4 Å². The third kappa shape index (κ3) is 4.26. The van der Waals surface area contributed by atoms with Gasteiger partial charge in [-0.15, -0.1) is 13.2 Å². The summed E-state index contributed by atoms with van der Waals surface area (Å²) in [6.07, 6.45) is -3.73. The molecule has 4 rings (SSSR count). The van der Waals surface area contributed by atoms with E-state index in [0.29, 0.717) is 30.8 Å². The molecular formula is C21H17F3N2O3. The molecule has 150 valence electrons. The van der Waals surface area contributed by atoms with Crippen LogP contribution < -0.4 is 9.64 Å². The highest BCUT2D eigenvalue weighted by atomic mass is 19.4. The van der Waals surface area contributed by atoms with Gasteiger partial charge in [-0.1, -0.05) is 23.4 Å². The standard InChI is InChI=1S/C21H17F3N2O3/c1-13-10-17(25-29-13)12-26-19-8-4-15(11-16(19)5-9-20(26)27)14-2-6-18(7-3-14)28-21(22,23)24/h2-4,6-8,10-11H,5,9,12H2,1H3. The van der Waals surface area contributed by atoms with Crippen molar-refractivity contribution in [3.05, 3.63) is 65.5 Å². The fourth-order valence-electron chi connectivity index (χ4n) is 3.42. The molecule has 1 aromatic heterocycles. The molecule has 0 spiro atoms. The number of fused-ring (bicyclic) bond motifs is 1. The van der Waals surface area contributed by atoms with Gasteiger partial charge in [0.05, 0.1) is 6.54 Å². The number of alkyl halides is 3. The summed E-state index contributed by atoms with van der Waals surface area (Å²) in [6, 6.07) is 13.2. The number of hydrogen-bond donors (Lipinski definition) is 0. The number of carbonyl (C=O) groups is 1. The molecule has 29 heavy (non-hydrogen) atoms. The Labute approximate surface area is 164 Å². The van der Waals surface area contributed by atoms with Crippen LogP contribution in [0.2, 0.25) is 0 Å².